The lowest BCUT2D eigenvalue weighted by Crippen LogP contribution is -2.18. The van der Waals surface area contributed by atoms with E-state index in [2.05, 4.69) is 9.34 Å². The molecular weight excluding hydrogens is 388 g/mol. The highest BCUT2D eigenvalue weighted by molar-refractivity contribution is 14.1. The summed E-state index contributed by atoms with van der Waals surface area (Å²) in [4.78, 5) is 5.06. The van der Waals surface area contributed by atoms with Crippen molar-refractivity contribution in [2.75, 3.05) is 12.9 Å². The van der Waals surface area contributed by atoms with Crippen LogP contribution in [-0.2, 0) is 19.1 Å². The van der Waals surface area contributed by atoms with Crippen LogP contribution in [0.2, 0.25) is 0 Å². The van der Waals surface area contributed by atoms with Gasteiger partial charge in [-0.05, 0) is 34.7 Å². The van der Waals surface area contributed by atoms with Crippen LogP contribution in [0.5, 0.6) is 0 Å². The lowest BCUT2D eigenvalue weighted by molar-refractivity contribution is 0.0493. The average Bonchev–Trinajstić information content (AvgIpc) is 2.78. The van der Waals surface area contributed by atoms with Gasteiger partial charge in [-0.1, -0.05) is 11.2 Å². The molecule has 0 amide bonds. The third-order valence-electron chi connectivity index (χ3n) is 2.45. The normalized spacial score (nSPS) is 19.1. The van der Waals surface area contributed by atoms with Crippen molar-refractivity contribution in [1.29, 1.82) is 0 Å². The number of rotatable bonds is 4. The Balaban J connectivity index is 1.99. The fourth-order valence-corrected chi connectivity index (χ4v) is 2.30. The molecule has 0 bridgehead atoms. The van der Waals surface area contributed by atoms with Gasteiger partial charge in [-0.3, -0.25) is 4.18 Å². The molecule has 0 aliphatic carbocycles. The van der Waals surface area contributed by atoms with Crippen molar-refractivity contribution in [3.05, 3.63) is 33.1 Å². The van der Waals surface area contributed by atoms with E-state index in [-0.39, 0.29) is 12.4 Å². The van der Waals surface area contributed by atoms with Gasteiger partial charge in [0.15, 0.2) is 6.10 Å². The third kappa shape index (κ3) is 4.11. The second-order valence-electron chi connectivity index (χ2n) is 4.09. The molecule has 1 aromatic rings. The van der Waals surface area contributed by atoms with E-state index < -0.39 is 16.2 Å². The molecule has 5 nitrogen and oxygen atoms in total. The van der Waals surface area contributed by atoms with Gasteiger partial charge in [0.2, 0.25) is 0 Å². The Bertz CT molecular complexity index is 617. The fraction of sp³-hybridized carbons (Fsp3) is 0.364. The Kier molecular flexibility index (Phi) is 4.41. The highest BCUT2D eigenvalue weighted by Crippen LogP contribution is 2.20. The molecular formula is C11H11FINO4S. The van der Waals surface area contributed by atoms with E-state index in [4.69, 9.17) is 4.84 Å². The van der Waals surface area contributed by atoms with Crippen LogP contribution in [0.1, 0.15) is 12.0 Å². The van der Waals surface area contributed by atoms with Gasteiger partial charge in [0.05, 0.1) is 12.0 Å². The molecule has 0 unspecified atom stereocenters. The highest BCUT2D eigenvalue weighted by Gasteiger charge is 2.24. The zero-order chi connectivity index (χ0) is 14.0. The van der Waals surface area contributed by atoms with Crippen LogP contribution >= 0.6 is 22.6 Å². The number of hydrogen-bond donors (Lipinski definition) is 0. The van der Waals surface area contributed by atoms with Crippen LogP contribution < -0.4 is 0 Å². The Morgan fingerprint density at radius 3 is 2.95 bits per heavy atom. The lowest BCUT2D eigenvalue weighted by atomic mass is 10.1. The number of nitrogens with zero attached hydrogens (tertiary/aromatic N) is 1. The van der Waals surface area contributed by atoms with Crippen LogP contribution in [0.3, 0.4) is 0 Å². The molecule has 0 saturated heterocycles. The molecule has 1 aliphatic rings. The van der Waals surface area contributed by atoms with Gasteiger partial charge in [-0.15, -0.1) is 0 Å². The first-order chi connectivity index (χ1) is 8.85. The van der Waals surface area contributed by atoms with Gasteiger partial charge >= 0.3 is 0 Å². The van der Waals surface area contributed by atoms with Crippen molar-refractivity contribution in [3.8, 4) is 0 Å². The topological polar surface area (TPSA) is 65.0 Å². The number of benzene rings is 1. The summed E-state index contributed by atoms with van der Waals surface area (Å²) in [5.41, 5.74) is 1.21. The zero-order valence-electron chi connectivity index (χ0n) is 9.97. The maximum atomic E-state index is 13.4. The molecule has 0 N–H and O–H groups in total. The predicted octanol–water partition coefficient (Wildman–Crippen LogP) is 1.90. The summed E-state index contributed by atoms with van der Waals surface area (Å²) in [5, 5.41) is 3.83. The quantitative estimate of drug-likeness (QED) is 0.573. The Labute approximate surface area is 124 Å². The average molecular weight is 399 g/mol. The molecule has 2 rings (SSSR count). The van der Waals surface area contributed by atoms with Crippen LogP contribution in [0.25, 0.3) is 0 Å². The number of halogens is 2. The molecule has 1 atom stereocenters. The van der Waals surface area contributed by atoms with E-state index in [0.29, 0.717) is 21.3 Å². The third-order valence-corrected chi connectivity index (χ3v) is 3.89. The number of oxime groups is 1. The van der Waals surface area contributed by atoms with E-state index >= 15 is 0 Å². The molecule has 0 radical (unpaired) electrons. The van der Waals surface area contributed by atoms with Crippen molar-refractivity contribution < 1.29 is 21.8 Å². The van der Waals surface area contributed by atoms with Crippen molar-refractivity contribution in [1.82, 2.24) is 0 Å². The molecule has 19 heavy (non-hydrogen) atoms. The van der Waals surface area contributed by atoms with Gasteiger partial charge in [0.25, 0.3) is 10.1 Å². The lowest BCUT2D eigenvalue weighted by Gasteiger charge is -2.07. The van der Waals surface area contributed by atoms with Crippen LogP contribution in [0, 0.1) is 9.39 Å². The minimum Gasteiger partial charge on any atom is -0.389 e. The van der Waals surface area contributed by atoms with E-state index in [1.54, 1.807) is 12.1 Å². The summed E-state index contributed by atoms with van der Waals surface area (Å²) in [5.74, 6) is -0.323. The summed E-state index contributed by atoms with van der Waals surface area (Å²) in [6, 6.07) is 4.77. The van der Waals surface area contributed by atoms with Crippen molar-refractivity contribution >= 4 is 38.4 Å². The fourth-order valence-electron chi connectivity index (χ4n) is 1.56. The van der Waals surface area contributed by atoms with Gasteiger partial charge in [0.1, 0.15) is 12.4 Å². The smallest absolute Gasteiger partial charge is 0.264 e. The molecule has 1 aliphatic heterocycles. The summed E-state index contributed by atoms with van der Waals surface area (Å²) < 4.78 is 40.3. The van der Waals surface area contributed by atoms with Gasteiger partial charge in [-0.2, -0.15) is 8.42 Å². The summed E-state index contributed by atoms with van der Waals surface area (Å²) in [6.07, 6.45) is 0.889. The van der Waals surface area contributed by atoms with Gasteiger partial charge in [-0.25, -0.2) is 4.39 Å². The predicted molar refractivity (Wildman–Crippen MR) is 75.9 cm³/mol. The Hall–Kier alpha value is -0.740. The standard InChI is InChI=1S/C11H11FINO4S/c1-19(15,16)17-6-8-5-11(14-18-8)7-2-3-10(13)9(12)4-7/h2-4,8H,5-6H2,1H3/t8-/m0/s1. The van der Waals surface area contributed by atoms with E-state index in [1.165, 1.54) is 6.07 Å². The monoisotopic (exact) mass is 399 g/mol. The van der Waals surface area contributed by atoms with Gasteiger partial charge < -0.3 is 4.84 Å². The summed E-state index contributed by atoms with van der Waals surface area (Å²) in [6.45, 7) is -0.0985. The molecule has 8 heteroatoms. The first-order valence-electron chi connectivity index (χ1n) is 5.37. The van der Waals surface area contributed by atoms with Crippen LogP contribution in [-0.4, -0.2) is 33.1 Å². The Morgan fingerprint density at radius 1 is 1.58 bits per heavy atom. The highest BCUT2D eigenvalue weighted by atomic mass is 127. The van der Waals surface area contributed by atoms with Crippen molar-refractivity contribution in [2.45, 2.75) is 12.5 Å². The first-order valence-corrected chi connectivity index (χ1v) is 8.27. The van der Waals surface area contributed by atoms with E-state index in [0.717, 1.165) is 6.26 Å². The van der Waals surface area contributed by atoms with Gasteiger partial charge in [0, 0.05) is 15.6 Å². The van der Waals surface area contributed by atoms with Crippen LogP contribution in [0.4, 0.5) is 4.39 Å². The number of hydrogen-bond acceptors (Lipinski definition) is 5. The first kappa shape index (κ1) is 14.7. The van der Waals surface area contributed by atoms with E-state index in [1.807, 2.05) is 22.6 Å². The minimum atomic E-state index is -3.50. The minimum absolute atomic E-state index is 0.0985. The molecule has 0 saturated carbocycles. The summed E-state index contributed by atoms with van der Waals surface area (Å²) in [7, 11) is -3.50. The second-order valence-corrected chi connectivity index (χ2v) is 6.89. The van der Waals surface area contributed by atoms with E-state index in [9.17, 15) is 12.8 Å². The maximum absolute atomic E-state index is 13.4. The van der Waals surface area contributed by atoms with Crippen molar-refractivity contribution in [2.24, 2.45) is 5.16 Å². The Morgan fingerprint density at radius 2 is 2.32 bits per heavy atom. The molecule has 1 heterocycles. The second kappa shape index (κ2) is 5.71. The molecule has 104 valence electrons. The molecule has 0 aromatic heterocycles. The SMILES string of the molecule is CS(=O)(=O)OC[C@@H]1CC(c2ccc(I)c(F)c2)=NO1. The van der Waals surface area contributed by atoms with Crippen LogP contribution in [0.15, 0.2) is 23.4 Å². The zero-order valence-corrected chi connectivity index (χ0v) is 12.9. The maximum Gasteiger partial charge on any atom is 0.264 e. The summed E-state index contributed by atoms with van der Waals surface area (Å²) >= 11 is 1.90. The molecule has 1 aromatic carbocycles. The molecule has 0 fully saturated rings. The van der Waals surface area contributed by atoms with Crippen molar-refractivity contribution in [3.63, 3.8) is 0 Å². The largest absolute Gasteiger partial charge is 0.389 e. The molecule has 0 spiro atoms.